The van der Waals surface area contributed by atoms with Gasteiger partial charge in [-0.05, 0) is 41.0 Å². The average Bonchev–Trinajstić information content (AvgIpc) is 3.20. The molecule has 1 N–H and O–H groups in total. The number of rotatable bonds is 10. The van der Waals surface area contributed by atoms with E-state index in [9.17, 15) is 9.90 Å². The van der Waals surface area contributed by atoms with Crippen molar-refractivity contribution < 1.29 is 19.4 Å². The van der Waals surface area contributed by atoms with Crippen molar-refractivity contribution in [2.75, 3.05) is 7.11 Å². The molecular formula is C28H29ClN2O4. The van der Waals surface area contributed by atoms with E-state index < -0.39 is 12.1 Å². The Labute approximate surface area is 210 Å². The molecule has 0 radical (unpaired) electrons. The molecule has 4 aromatic rings. The Morgan fingerprint density at radius 1 is 1.09 bits per heavy atom. The fraction of sp³-hybridized carbons (Fsp3) is 0.286. The van der Waals surface area contributed by atoms with Crippen LogP contribution >= 0.6 is 11.6 Å². The van der Waals surface area contributed by atoms with E-state index >= 15 is 0 Å². The number of carbonyl (C=O) groups excluding carboxylic acids is 1. The molecule has 7 heteroatoms. The summed E-state index contributed by atoms with van der Waals surface area (Å²) in [5, 5.41) is 12.1. The molecule has 0 aliphatic rings. The molecule has 1 atom stereocenters. The summed E-state index contributed by atoms with van der Waals surface area (Å²) in [6.07, 6.45) is 1.95. The van der Waals surface area contributed by atoms with Crippen molar-refractivity contribution in [3.63, 3.8) is 0 Å². The molecule has 6 nitrogen and oxygen atoms in total. The topological polar surface area (TPSA) is 73.6 Å². The van der Waals surface area contributed by atoms with E-state index in [-0.39, 0.29) is 6.61 Å². The molecule has 0 aliphatic heterocycles. The van der Waals surface area contributed by atoms with Crippen molar-refractivity contribution in [3.8, 4) is 5.75 Å². The zero-order valence-electron chi connectivity index (χ0n) is 19.9. The largest absolute Gasteiger partial charge is 0.474 e. The minimum Gasteiger partial charge on any atom is -0.474 e. The number of aliphatic hydroxyl groups is 1. The summed E-state index contributed by atoms with van der Waals surface area (Å²) >= 11 is 6.48. The highest BCUT2D eigenvalue weighted by molar-refractivity contribution is 6.30. The monoisotopic (exact) mass is 492 g/mol. The predicted octanol–water partition coefficient (Wildman–Crippen LogP) is 5.87. The number of hydrogen-bond donors (Lipinski definition) is 1. The van der Waals surface area contributed by atoms with Gasteiger partial charge in [-0.25, -0.2) is 9.78 Å². The first-order chi connectivity index (χ1) is 17.0. The van der Waals surface area contributed by atoms with Crippen LogP contribution in [0.15, 0.2) is 66.7 Å². The number of esters is 1. The lowest BCUT2D eigenvalue weighted by Gasteiger charge is -2.18. The Hall–Kier alpha value is -3.35. The van der Waals surface area contributed by atoms with E-state index in [2.05, 4.69) is 11.9 Å². The Kier molecular flexibility index (Phi) is 8.06. The van der Waals surface area contributed by atoms with Crippen LogP contribution in [-0.4, -0.2) is 27.7 Å². The van der Waals surface area contributed by atoms with E-state index in [1.807, 2.05) is 71.3 Å². The first-order valence-electron chi connectivity index (χ1n) is 11.7. The maximum atomic E-state index is 12.6. The van der Waals surface area contributed by atoms with Gasteiger partial charge in [0.1, 0.15) is 22.4 Å². The number of ether oxygens (including phenoxy) is 2. The Morgan fingerprint density at radius 2 is 1.83 bits per heavy atom. The first kappa shape index (κ1) is 24.8. The number of hydrogen-bond acceptors (Lipinski definition) is 5. The van der Waals surface area contributed by atoms with Gasteiger partial charge in [-0.2, -0.15) is 0 Å². The molecule has 0 fully saturated rings. The first-order valence-corrected chi connectivity index (χ1v) is 12.1. The molecule has 0 spiro atoms. The molecule has 35 heavy (non-hydrogen) atoms. The molecule has 0 saturated heterocycles. The second-order valence-corrected chi connectivity index (χ2v) is 8.74. The number of nitrogens with zero attached hydrogens (tertiary/aromatic N) is 2. The fourth-order valence-electron chi connectivity index (χ4n) is 4.04. The molecule has 0 amide bonds. The van der Waals surface area contributed by atoms with Gasteiger partial charge in [0.05, 0.1) is 20.3 Å². The number of halogens is 1. The zero-order valence-corrected chi connectivity index (χ0v) is 20.7. The normalized spacial score (nSPS) is 12.0. The van der Waals surface area contributed by atoms with Gasteiger partial charge in [0.2, 0.25) is 6.10 Å². The lowest BCUT2D eigenvalue weighted by Crippen LogP contribution is -2.20. The summed E-state index contributed by atoms with van der Waals surface area (Å²) in [5.41, 5.74) is 2.22. The van der Waals surface area contributed by atoms with Gasteiger partial charge in [-0.15, -0.1) is 0 Å². The summed E-state index contributed by atoms with van der Waals surface area (Å²) in [6.45, 7) is 2.46. The Bertz CT molecular complexity index is 1300. The summed E-state index contributed by atoms with van der Waals surface area (Å²) in [7, 11) is 1.36. The number of methoxy groups -OCH3 is 1. The number of aliphatic hydroxyl groups excluding tert-OH is 1. The van der Waals surface area contributed by atoms with Gasteiger partial charge < -0.3 is 19.1 Å². The standard InChI is InChI=1S/C28H29ClN2O4/c1-3-4-9-25-30-24(18-32)27(29)31(25)17-19-10-14-23(15-11-19)35-26(28(33)34-2)22-13-12-20-7-5-6-8-21(20)16-22/h5-8,10-16,26,32H,3-4,9,17-18H2,1-2H3. The Balaban J connectivity index is 1.54. The Morgan fingerprint density at radius 3 is 2.51 bits per heavy atom. The molecule has 4 rings (SSSR count). The number of aryl methyl sites for hydroxylation is 1. The van der Waals surface area contributed by atoms with Gasteiger partial charge >= 0.3 is 5.97 Å². The van der Waals surface area contributed by atoms with Gasteiger partial charge in [-0.1, -0.05) is 73.5 Å². The van der Waals surface area contributed by atoms with Crippen molar-refractivity contribution >= 4 is 28.3 Å². The highest BCUT2D eigenvalue weighted by atomic mass is 35.5. The van der Waals surface area contributed by atoms with Crippen LogP contribution in [0.2, 0.25) is 5.15 Å². The minimum absolute atomic E-state index is 0.193. The van der Waals surface area contributed by atoms with Crippen molar-refractivity contribution in [2.24, 2.45) is 0 Å². The van der Waals surface area contributed by atoms with Crippen molar-refractivity contribution in [2.45, 2.75) is 45.4 Å². The third-order valence-corrected chi connectivity index (χ3v) is 6.39. The van der Waals surface area contributed by atoms with E-state index in [4.69, 9.17) is 21.1 Å². The molecule has 0 saturated carbocycles. The van der Waals surface area contributed by atoms with Crippen molar-refractivity contribution in [3.05, 3.63) is 94.5 Å². The number of unbranched alkanes of at least 4 members (excludes halogenated alkanes) is 1. The van der Waals surface area contributed by atoms with E-state index in [0.717, 1.165) is 47.0 Å². The van der Waals surface area contributed by atoms with E-state index in [1.165, 1.54) is 7.11 Å². The maximum Gasteiger partial charge on any atom is 0.351 e. The number of carbonyl (C=O) groups is 1. The van der Waals surface area contributed by atoms with Gasteiger partial charge in [0, 0.05) is 12.0 Å². The van der Waals surface area contributed by atoms with Crippen LogP contribution in [0.1, 0.15) is 48.5 Å². The molecule has 1 unspecified atom stereocenters. The van der Waals surface area contributed by atoms with E-state index in [0.29, 0.717) is 23.1 Å². The number of benzene rings is 3. The molecule has 3 aromatic carbocycles. The van der Waals surface area contributed by atoms with Crippen LogP contribution in [0.4, 0.5) is 0 Å². The van der Waals surface area contributed by atoms with Crippen LogP contribution in [0, 0.1) is 0 Å². The van der Waals surface area contributed by atoms with Crippen LogP contribution in [0.5, 0.6) is 5.75 Å². The summed E-state index contributed by atoms with van der Waals surface area (Å²) in [5.74, 6) is 0.950. The van der Waals surface area contributed by atoms with Gasteiger partial charge in [0.25, 0.3) is 0 Å². The molecule has 1 aromatic heterocycles. The number of fused-ring (bicyclic) bond motifs is 1. The zero-order chi connectivity index (χ0) is 24.8. The number of imidazole rings is 1. The molecule has 1 heterocycles. The fourth-order valence-corrected chi connectivity index (χ4v) is 4.30. The second-order valence-electron chi connectivity index (χ2n) is 8.38. The van der Waals surface area contributed by atoms with Crippen molar-refractivity contribution in [1.29, 1.82) is 0 Å². The van der Waals surface area contributed by atoms with Crippen LogP contribution in [-0.2, 0) is 29.1 Å². The highest BCUT2D eigenvalue weighted by Crippen LogP contribution is 2.27. The van der Waals surface area contributed by atoms with E-state index in [1.54, 1.807) is 0 Å². The average molecular weight is 493 g/mol. The quantitative estimate of drug-likeness (QED) is 0.280. The maximum absolute atomic E-state index is 12.6. The lowest BCUT2D eigenvalue weighted by atomic mass is 10.0. The molecular weight excluding hydrogens is 464 g/mol. The van der Waals surface area contributed by atoms with Crippen LogP contribution in [0.25, 0.3) is 10.8 Å². The summed E-state index contributed by atoms with van der Waals surface area (Å²) in [4.78, 5) is 17.1. The van der Waals surface area contributed by atoms with Crippen LogP contribution in [0.3, 0.4) is 0 Å². The predicted molar refractivity (Wildman–Crippen MR) is 137 cm³/mol. The number of aromatic nitrogens is 2. The van der Waals surface area contributed by atoms with Gasteiger partial charge in [-0.3, -0.25) is 0 Å². The molecule has 0 bridgehead atoms. The lowest BCUT2D eigenvalue weighted by molar-refractivity contribution is -0.149. The smallest absolute Gasteiger partial charge is 0.351 e. The molecule has 0 aliphatic carbocycles. The minimum atomic E-state index is -0.883. The summed E-state index contributed by atoms with van der Waals surface area (Å²) < 4.78 is 13.0. The second kappa shape index (κ2) is 11.4. The third-order valence-electron chi connectivity index (χ3n) is 5.96. The highest BCUT2D eigenvalue weighted by Gasteiger charge is 2.24. The van der Waals surface area contributed by atoms with Crippen molar-refractivity contribution in [1.82, 2.24) is 9.55 Å². The van der Waals surface area contributed by atoms with Gasteiger partial charge in [0.15, 0.2) is 0 Å². The SMILES string of the molecule is CCCCc1nc(CO)c(Cl)n1Cc1ccc(OC(C(=O)OC)c2ccc3ccccc3c2)cc1. The summed E-state index contributed by atoms with van der Waals surface area (Å²) in [6, 6.07) is 21.3. The third kappa shape index (κ3) is 5.66. The van der Waals surface area contributed by atoms with Crippen LogP contribution < -0.4 is 4.74 Å². The molecule has 182 valence electrons.